The van der Waals surface area contributed by atoms with Gasteiger partial charge in [-0.2, -0.15) is 0 Å². The van der Waals surface area contributed by atoms with Crippen LogP contribution in [0.3, 0.4) is 0 Å². The van der Waals surface area contributed by atoms with E-state index in [4.69, 9.17) is 5.73 Å². The molecule has 0 atom stereocenters. The molecular weight excluding hydrogens is 210 g/mol. The molecule has 0 unspecified atom stereocenters. The molecule has 5 heteroatoms. The number of hydrogen-bond acceptors (Lipinski definition) is 4. The largest absolute Gasteiger partial charge is 0.397 e. The minimum Gasteiger partial charge on any atom is -0.397 e. The number of carbonyl (C=O) groups excluding carboxylic acids is 1. The minimum absolute atomic E-state index is 0.0469. The summed E-state index contributed by atoms with van der Waals surface area (Å²) in [6.45, 7) is 4.09. The van der Waals surface area contributed by atoms with Crippen LogP contribution in [-0.4, -0.2) is 30.9 Å². The highest BCUT2D eigenvalue weighted by Gasteiger charge is 2.16. The fourth-order valence-electron chi connectivity index (χ4n) is 1.13. The van der Waals surface area contributed by atoms with Crippen molar-refractivity contribution in [2.24, 2.45) is 0 Å². The molecule has 84 valence electrons. The Morgan fingerprint density at radius 1 is 1.53 bits per heavy atom. The van der Waals surface area contributed by atoms with Crippen molar-refractivity contribution in [3.05, 3.63) is 10.9 Å². The highest BCUT2D eigenvalue weighted by molar-refractivity contribution is 7.18. The average molecular weight is 227 g/mol. The minimum atomic E-state index is -0.0469. The fourth-order valence-corrected chi connectivity index (χ4v) is 2.28. The van der Waals surface area contributed by atoms with Gasteiger partial charge in [0, 0.05) is 20.1 Å². The van der Waals surface area contributed by atoms with Crippen LogP contribution < -0.4 is 11.1 Å². The van der Waals surface area contributed by atoms with Gasteiger partial charge in [-0.3, -0.25) is 4.79 Å². The molecule has 1 aromatic rings. The Hall–Kier alpha value is -1.23. The standard InChI is InChI=1S/C10H17N3OS/c1-6(2)12-8-5-7(11)9(15-8)10(14)13(3)4/h5-6,12H,11H2,1-4H3. The lowest BCUT2D eigenvalue weighted by atomic mass is 10.3. The van der Waals surface area contributed by atoms with E-state index in [1.165, 1.54) is 16.2 Å². The second-order valence-corrected chi connectivity index (χ2v) is 4.95. The normalized spacial score (nSPS) is 10.5. The van der Waals surface area contributed by atoms with Crippen LogP contribution in [0.4, 0.5) is 10.7 Å². The number of amides is 1. The van der Waals surface area contributed by atoms with Crippen LogP contribution in [0, 0.1) is 0 Å². The van der Waals surface area contributed by atoms with E-state index < -0.39 is 0 Å². The zero-order chi connectivity index (χ0) is 11.6. The predicted octanol–water partition coefficient (Wildman–Crippen LogP) is 1.85. The predicted molar refractivity (Wildman–Crippen MR) is 65.5 cm³/mol. The van der Waals surface area contributed by atoms with Crippen molar-refractivity contribution in [2.45, 2.75) is 19.9 Å². The zero-order valence-electron chi connectivity index (χ0n) is 9.50. The quantitative estimate of drug-likeness (QED) is 0.828. The molecule has 3 N–H and O–H groups in total. The molecule has 0 saturated heterocycles. The third kappa shape index (κ3) is 2.86. The van der Waals surface area contributed by atoms with Gasteiger partial charge < -0.3 is 16.0 Å². The molecule has 15 heavy (non-hydrogen) atoms. The zero-order valence-corrected chi connectivity index (χ0v) is 10.3. The maximum Gasteiger partial charge on any atom is 0.265 e. The maximum atomic E-state index is 11.7. The Morgan fingerprint density at radius 2 is 2.13 bits per heavy atom. The summed E-state index contributed by atoms with van der Waals surface area (Å²) in [5, 5.41) is 4.17. The highest BCUT2D eigenvalue weighted by atomic mass is 32.1. The van der Waals surface area contributed by atoms with Crippen molar-refractivity contribution in [3.8, 4) is 0 Å². The van der Waals surface area contributed by atoms with Crippen LogP contribution in [0.2, 0.25) is 0 Å². The van der Waals surface area contributed by atoms with Gasteiger partial charge in [-0.25, -0.2) is 0 Å². The summed E-state index contributed by atoms with van der Waals surface area (Å²) in [5.74, 6) is -0.0469. The molecule has 0 aliphatic carbocycles. The van der Waals surface area contributed by atoms with Crippen molar-refractivity contribution in [2.75, 3.05) is 25.1 Å². The summed E-state index contributed by atoms with van der Waals surface area (Å²) in [6, 6.07) is 2.15. The van der Waals surface area contributed by atoms with Gasteiger partial charge in [0.05, 0.1) is 10.7 Å². The van der Waals surface area contributed by atoms with E-state index >= 15 is 0 Å². The lowest BCUT2D eigenvalue weighted by molar-refractivity contribution is 0.0833. The monoisotopic (exact) mass is 227 g/mol. The molecular formula is C10H17N3OS. The molecule has 4 nitrogen and oxygen atoms in total. The second kappa shape index (κ2) is 4.53. The van der Waals surface area contributed by atoms with Gasteiger partial charge in [-0.1, -0.05) is 0 Å². The molecule has 1 aromatic heterocycles. The summed E-state index contributed by atoms with van der Waals surface area (Å²) < 4.78 is 0. The lowest BCUT2D eigenvalue weighted by Gasteiger charge is -2.08. The van der Waals surface area contributed by atoms with Gasteiger partial charge in [-0.05, 0) is 19.9 Å². The summed E-state index contributed by atoms with van der Waals surface area (Å²) >= 11 is 1.40. The third-order valence-corrected chi connectivity index (χ3v) is 2.86. The number of thiophene rings is 1. The molecule has 0 aromatic carbocycles. The highest BCUT2D eigenvalue weighted by Crippen LogP contribution is 2.30. The van der Waals surface area contributed by atoms with Gasteiger partial charge in [-0.15, -0.1) is 11.3 Å². The molecule has 0 saturated carbocycles. The SMILES string of the molecule is CC(C)Nc1cc(N)c(C(=O)N(C)C)s1. The first-order chi connectivity index (χ1) is 6.91. The van der Waals surface area contributed by atoms with Crippen LogP contribution in [0.15, 0.2) is 6.07 Å². The molecule has 0 spiro atoms. The number of carbonyl (C=O) groups is 1. The van der Waals surface area contributed by atoms with Gasteiger partial charge in [0.25, 0.3) is 5.91 Å². The number of nitrogens with one attached hydrogen (secondary N) is 1. The number of hydrogen-bond donors (Lipinski definition) is 2. The summed E-state index contributed by atoms with van der Waals surface area (Å²) in [4.78, 5) is 13.8. The molecule has 0 aliphatic rings. The summed E-state index contributed by atoms with van der Waals surface area (Å²) in [6.07, 6.45) is 0. The van der Waals surface area contributed by atoms with Gasteiger partial charge in [0.1, 0.15) is 4.88 Å². The van der Waals surface area contributed by atoms with E-state index in [0.717, 1.165) is 5.00 Å². The van der Waals surface area contributed by atoms with Crippen molar-refractivity contribution in [1.29, 1.82) is 0 Å². The number of nitrogen functional groups attached to an aromatic ring is 1. The maximum absolute atomic E-state index is 11.7. The van der Waals surface area contributed by atoms with E-state index in [-0.39, 0.29) is 5.91 Å². The summed E-state index contributed by atoms with van der Waals surface area (Å²) in [7, 11) is 3.44. The van der Waals surface area contributed by atoms with E-state index in [1.807, 2.05) is 13.8 Å². The topological polar surface area (TPSA) is 58.4 Å². The summed E-state index contributed by atoms with van der Waals surface area (Å²) in [5.41, 5.74) is 6.32. The number of anilines is 2. The molecule has 1 heterocycles. The van der Waals surface area contributed by atoms with Crippen molar-refractivity contribution in [3.63, 3.8) is 0 Å². The van der Waals surface area contributed by atoms with Crippen molar-refractivity contribution in [1.82, 2.24) is 4.90 Å². The average Bonchev–Trinajstić information content (AvgIpc) is 2.44. The third-order valence-electron chi connectivity index (χ3n) is 1.79. The van der Waals surface area contributed by atoms with Crippen LogP contribution >= 0.6 is 11.3 Å². The Morgan fingerprint density at radius 3 is 2.60 bits per heavy atom. The Kier molecular flexibility index (Phi) is 3.57. The van der Waals surface area contributed by atoms with Gasteiger partial charge in [0.15, 0.2) is 0 Å². The lowest BCUT2D eigenvalue weighted by Crippen LogP contribution is -2.21. The Labute approximate surface area is 94.1 Å². The van der Waals surface area contributed by atoms with Gasteiger partial charge in [0.2, 0.25) is 0 Å². The second-order valence-electron chi connectivity index (χ2n) is 3.89. The first-order valence-corrected chi connectivity index (χ1v) is 5.61. The van der Waals surface area contributed by atoms with Gasteiger partial charge >= 0.3 is 0 Å². The van der Waals surface area contributed by atoms with E-state index in [0.29, 0.717) is 16.6 Å². The van der Waals surface area contributed by atoms with E-state index in [9.17, 15) is 4.79 Å². The smallest absolute Gasteiger partial charge is 0.265 e. The van der Waals surface area contributed by atoms with E-state index in [1.54, 1.807) is 20.2 Å². The van der Waals surface area contributed by atoms with Crippen LogP contribution in [-0.2, 0) is 0 Å². The Bertz CT molecular complexity index is 358. The number of rotatable bonds is 3. The Balaban J connectivity index is 2.91. The van der Waals surface area contributed by atoms with E-state index in [2.05, 4.69) is 5.32 Å². The van der Waals surface area contributed by atoms with Crippen molar-refractivity contribution >= 4 is 27.9 Å². The molecule has 1 amide bonds. The first kappa shape index (κ1) is 11.8. The number of nitrogens with two attached hydrogens (primary N) is 1. The molecule has 1 rings (SSSR count). The molecule has 0 bridgehead atoms. The molecule has 0 fully saturated rings. The fraction of sp³-hybridized carbons (Fsp3) is 0.500. The van der Waals surface area contributed by atoms with Crippen molar-refractivity contribution < 1.29 is 4.79 Å². The van der Waals surface area contributed by atoms with Crippen LogP contribution in [0.25, 0.3) is 0 Å². The van der Waals surface area contributed by atoms with Crippen LogP contribution in [0.5, 0.6) is 0 Å². The van der Waals surface area contributed by atoms with Crippen LogP contribution in [0.1, 0.15) is 23.5 Å². The molecule has 0 radical (unpaired) electrons. The first-order valence-electron chi connectivity index (χ1n) is 4.79. The number of nitrogens with zero attached hydrogens (tertiary/aromatic N) is 1. The molecule has 0 aliphatic heterocycles.